The lowest BCUT2D eigenvalue weighted by Crippen LogP contribution is -2.33. The van der Waals surface area contributed by atoms with E-state index < -0.39 is 46.0 Å². The smallest absolute Gasteiger partial charge is 0.385 e. The Bertz CT molecular complexity index is 1340. The van der Waals surface area contributed by atoms with Crippen molar-refractivity contribution in [3.63, 3.8) is 0 Å². The van der Waals surface area contributed by atoms with Crippen molar-refractivity contribution in [3.8, 4) is 94.7 Å². The van der Waals surface area contributed by atoms with Crippen LogP contribution in [0, 0.1) is 94.7 Å². The maximum Gasteiger partial charge on any atom is 0.385 e. The number of hydrogen-bond acceptors (Lipinski definition) is 10. The molecule has 2 N–H and O–H groups in total. The Morgan fingerprint density at radius 1 is 0.868 bits per heavy atom. The predicted molar refractivity (Wildman–Crippen MR) is 135 cm³/mol. The molecule has 0 saturated carbocycles. The Morgan fingerprint density at radius 2 is 1.37 bits per heavy atom. The van der Waals surface area contributed by atoms with Gasteiger partial charge in [0.05, 0.1) is 19.8 Å². The van der Waals surface area contributed by atoms with Gasteiger partial charge in [-0.1, -0.05) is 5.92 Å². The number of hydrogen-bond donors (Lipinski definition) is 2. The van der Waals surface area contributed by atoms with Crippen LogP contribution in [0.2, 0.25) is 0 Å². The van der Waals surface area contributed by atoms with Crippen LogP contribution in [0.5, 0.6) is 0 Å². The van der Waals surface area contributed by atoms with Crippen LogP contribution in [0.15, 0.2) is 0 Å². The quantitative estimate of drug-likeness (QED) is 0.0980. The van der Waals surface area contributed by atoms with Gasteiger partial charge in [-0.05, 0) is 104 Å². The molecule has 0 heterocycles. The van der Waals surface area contributed by atoms with Crippen LogP contribution in [0.1, 0.15) is 6.92 Å². The molecule has 38 heavy (non-hydrogen) atoms. The zero-order valence-corrected chi connectivity index (χ0v) is 21.7. The first-order chi connectivity index (χ1) is 18.2. The zero-order valence-electron chi connectivity index (χ0n) is 20.8. The van der Waals surface area contributed by atoms with E-state index in [-0.39, 0.29) is 6.61 Å². The van der Waals surface area contributed by atoms with Gasteiger partial charge in [-0.3, -0.25) is 4.57 Å². The lowest BCUT2D eigenvalue weighted by Gasteiger charge is -2.26. The van der Waals surface area contributed by atoms with Crippen molar-refractivity contribution in [2.24, 2.45) is 0 Å². The van der Waals surface area contributed by atoms with Crippen molar-refractivity contribution in [1.29, 1.82) is 0 Å². The number of carbonyl (C=O) groups is 1. The molecule has 3 unspecified atom stereocenters. The zero-order chi connectivity index (χ0) is 28.5. The van der Waals surface area contributed by atoms with E-state index >= 15 is 0 Å². The average Bonchev–Trinajstić information content (AvgIpc) is 2.87. The van der Waals surface area contributed by atoms with E-state index in [1.54, 1.807) is 25.9 Å². The molecule has 0 aliphatic heterocycles. The number of carbonyl (C=O) groups excluding carboxylic acids is 1. The number of likely N-dealkylation sites (N-methyl/N-ethyl adjacent to an activating group) is 1. The van der Waals surface area contributed by atoms with Gasteiger partial charge in [-0.2, -0.15) is 0 Å². The number of aliphatic hydroxyl groups excluding tert-OH is 2. The van der Waals surface area contributed by atoms with E-state index in [0.29, 0.717) is 6.54 Å². The maximum atomic E-state index is 11.8. The molecule has 196 valence electrons. The lowest BCUT2D eigenvalue weighted by molar-refractivity contribution is -0.233. The van der Waals surface area contributed by atoms with Crippen LogP contribution in [0.3, 0.4) is 0 Å². The summed E-state index contributed by atoms with van der Waals surface area (Å²) in [5, 5.41) is 18.3. The molecule has 0 bridgehead atoms. The van der Waals surface area contributed by atoms with Crippen LogP contribution in [-0.4, -0.2) is 80.5 Å². The summed E-state index contributed by atoms with van der Waals surface area (Å²) in [5.41, 5.74) is 0. The Kier molecular flexibility index (Phi) is 19.7. The maximum absolute atomic E-state index is 11.8. The minimum atomic E-state index is -4.68. The highest BCUT2D eigenvalue weighted by Gasteiger charge is 2.20. The van der Waals surface area contributed by atoms with Crippen LogP contribution in [-0.2, 0) is 27.9 Å². The molecular formula is C27H23NO9P-. The number of phosphoric acid groups is 1. The first-order valence-corrected chi connectivity index (χ1v) is 11.9. The van der Waals surface area contributed by atoms with Crippen molar-refractivity contribution >= 4 is 13.8 Å². The van der Waals surface area contributed by atoms with Crippen LogP contribution >= 0.6 is 7.82 Å². The van der Waals surface area contributed by atoms with Gasteiger partial charge in [-0.25, -0.2) is 4.79 Å². The van der Waals surface area contributed by atoms with E-state index in [1.807, 2.05) is 0 Å². The standard InChI is InChI=1S/C27H24NO9P/c1-4-5-6-7-8-9-10-11-12-13-14-15-16-17-18-19-26(30)34-23-25(37-27(31)22-29)24-36-38(32,33)35-21-20-28(2)3/h25,27,29,31H,20-24H2,1-3H3,(H,32,33)/p-1. The number of ether oxygens (including phenoxy) is 2. The minimum absolute atomic E-state index is 0.143. The molecule has 10 nitrogen and oxygen atoms in total. The number of phosphoric ester groups is 1. The fourth-order valence-electron chi connectivity index (χ4n) is 1.66. The van der Waals surface area contributed by atoms with Crippen molar-refractivity contribution in [3.05, 3.63) is 0 Å². The molecule has 0 aliphatic carbocycles. The van der Waals surface area contributed by atoms with Gasteiger partial charge in [0, 0.05) is 12.5 Å². The molecule has 0 fully saturated rings. The molecule has 11 heteroatoms. The van der Waals surface area contributed by atoms with Crippen LogP contribution in [0.25, 0.3) is 0 Å². The largest absolute Gasteiger partial charge is 0.756 e. The van der Waals surface area contributed by atoms with Gasteiger partial charge >= 0.3 is 5.97 Å². The Hall–Kier alpha value is -4.10. The summed E-state index contributed by atoms with van der Waals surface area (Å²) < 4.78 is 30.9. The van der Waals surface area contributed by atoms with Crippen molar-refractivity contribution in [2.75, 3.05) is 47.1 Å². The molecule has 0 radical (unpaired) electrons. The van der Waals surface area contributed by atoms with Gasteiger partial charge in [0.25, 0.3) is 7.82 Å². The lowest BCUT2D eigenvalue weighted by atomic mass is 10.4. The molecule has 0 aromatic heterocycles. The fourth-order valence-corrected chi connectivity index (χ4v) is 2.39. The van der Waals surface area contributed by atoms with Crippen molar-refractivity contribution in [1.82, 2.24) is 4.90 Å². The number of rotatable bonds is 12. The molecule has 0 aromatic rings. The number of esters is 1. The van der Waals surface area contributed by atoms with E-state index in [0.717, 1.165) is 0 Å². The highest BCUT2D eigenvalue weighted by atomic mass is 31.2. The summed E-state index contributed by atoms with van der Waals surface area (Å²) in [4.78, 5) is 25.2. The van der Waals surface area contributed by atoms with E-state index in [2.05, 4.69) is 104 Å². The molecule has 0 aromatic carbocycles. The summed E-state index contributed by atoms with van der Waals surface area (Å²) in [7, 11) is -1.23. The predicted octanol–water partition coefficient (Wildman–Crippen LogP) is -1.66. The van der Waals surface area contributed by atoms with Crippen molar-refractivity contribution in [2.45, 2.75) is 19.3 Å². The third-order valence-electron chi connectivity index (χ3n) is 3.21. The van der Waals surface area contributed by atoms with Gasteiger partial charge in [0.2, 0.25) is 0 Å². The summed E-state index contributed by atoms with van der Waals surface area (Å²) in [6, 6.07) is 0. The first-order valence-electron chi connectivity index (χ1n) is 10.5. The average molecular weight is 536 g/mol. The second-order valence-corrected chi connectivity index (χ2v) is 7.91. The van der Waals surface area contributed by atoms with Crippen LogP contribution in [0.4, 0.5) is 0 Å². The molecule has 0 aliphatic rings. The SMILES string of the molecule is CC#CC#CC#CC#CC#CC#CC#CC#CC(=O)OCC(COP(=O)([O-])OCCN(C)C)OC(O)CO. The van der Waals surface area contributed by atoms with Gasteiger partial charge in [0.15, 0.2) is 6.29 Å². The van der Waals surface area contributed by atoms with E-state index in [9.17, 15) is 19.4 Å². The monoisotopic (exact) mass is 536 g/mol. The topological polar surface area (TPSA) is 138 Å². The van der Waals surface area contributed by atoms with Gasteiger partial charge < -0.3 is 38.5 Å². The number of nitrogens with zero attached hydrogens (tertiary/aromatic N) is 1. The highest BCUT2D eigenvalue weighted by molar-refractivity contribution is 7.45. The Balaban J connectivity index is 4.74. The third kappa shape index (κ3) is 22.4. The summed E-state index contributed by atoms with van der Waals surface area (Å²) in [5.74, 6) is 37.4. The summed E-state index contributed by atoms with van der Waals surface area (Å²) >= 11 is 0. The summed E-state index contributed by atoms with van der Waals surface area (Å²) in [6.07, 6.45) is -2.92. The molecule has 0 spiro atoms. The molecular weight excluding hydrogens is 513 g/mol. The molecule has 0 rings (SSSR count). The molecule has 0 saturated heterocycles. The van der Waals surface area contributed by atoms with E-state index in [1.165, 1.54) is 0 Å². The van der Waals surface area contributed by atoms with E-state index in [4.69, 9.17) is 14.6 Å². The second kappa shape index (κ2) is 22.1. The minimum Gasteiger partial charge on any atom is -0.756 e. The third-order valence-corrected chi connectivity index (χ3v) is 4.18. The van der Waals surface area contributed by atoms with Crippen LogP contribution < -0.4 is 4.89 Å². The van der Waals surface area contributed by atoms with Gasteiger partial charge in [0.1, 0.15) is 12.7 Å². The normalized spacial score (nSPS) is 11.6. The fraction of sp³-hybridized carbons (Fsp3) is 0.370. The number of aliphatic hydroxyl groups is 2. The Labute approximate surface area is 223 Å². The Morgan fingerprint density at radius 3 is 1.84 bits per heavy atom. The summed E-state index contributed by atoms with van der Waals surface area (Å²) in [6.45, 7) is -0.144. The first kappa shape index (κ1) is 33.9. The molecule has 3 atom stereocenters. The highest BCUT2D eigenvalue weighted by Crippen LogP contribution is 2.38. The molecule has 0 amide bonds. The second-order valence-electron chi connectivity index (χ2n) is 6.50. The van der Waals surface area contributed by atoms with Gasteiger partial charge in [-0.15, -0.1) is 0 Å². The van der Waals surface area contributed by atoms with Crippen molar-refractivity contribution < 1.29 is 43.0 Å².